The van der Waals surface area contributed by atoms with Gasteiger partial charge in [-0.05, 0) is 36.8 Å². The van der Waals surface area contributed by atoms with E-state index in [4.69, 9.17) is 11.6 Å². The van der Waals surface area contributed by atoms with Crippen LogP contribution in [0, 0.1) is 6.92 Å². The van der Waals surface area contributed by atoms with E-state index in [0.29, 0.717) is 11.0 Å². The van der Waals surface area contributed by atoms with Crippen LogP contribution in [0.3, 0.4) is 0 Å². The highest BCUT2D eigenvalue weighted by Gasteiger charge is 2.09. The molecule has 0 fully saturated rings. The van der Waals surface area contributed by atoms with Crippen molar-refractivity contribution in [2.75, 3.05) is 0 Å². The van der Waals surface area contributed by atoms with E-state index in [1.807, 2.05) is 31.2 Å². The molecule has 2 heterocycles. The molecule has 0 saturated carbocycles. The Balaban J connectivity index is 2.28. The Morgan fingerprint density at radius 1 is 1.21 bits per heavy atom. The van der Waals surface area contributed by atoms with Crippen LogP contribution in [0.4, 0.5) is 0 Å². The van der Waals surface area contributed by atoms with Crippen molar-refractivity contribution in [2.24, 2.45) is 0 Å². The molecule has 0 radical (unpaired) electrons. The van der Waals surface area contributed by atoms with Crippen LogP contribution >= 0.6 is 27.5 Å². The lowest BCUT2D eigenvalue weighted by molar-refractivity contribution is 1.20. The zero-order valence-corrected chi connectivity index (χ0v) is 12.4. The summed E-state index contributed by atoms with van der Waals surface area (Å²) >= 11 is 9.73. The summed E-state index contributed by atoms with van der Waals surface area (Å²) in [5.41, 5.74) is 2.80. The van der Waals surface area contributed by atoms with Crippen LogP contribution in [-0.2, 0) is 0 Å². The number of rotatable bonds is 1. The highest BCUT2D eigenvalue weighted by Crippen LogP contribution is 2.29. The van der Waals surface area contributed by atoms with Gasteiger partial charge in [-0.2, -0.15) is 0 Å². The number of aromatic nitrogens is 3. The lowest BCUT2D eigenvalue weighted by atomic mass is 10.1. The van der Waals surface area contributed by atoms with Crippen molar-refractivity contribution in [2.45, 2.75) is 6.92 Å². The number of pyridine rings is 1. The molecule has 0 amide bonds. The maximum Gasteiger partial charge on any atom is 0.163 e. The van der Waals surface area contributed by atoms with Gasteiger partial charge in [0.05, 0.1) is 5.52 Å². The fourth-order valence-electron chi connectivity index (χ4n) is 1.84. The van der Waals surface area contributed by atoms with Crippen LogP contribution in [0.5, 0.6) is 0 Å². The molecule has 3 aromatic rings. The molecular formula is C14H9BrClN3. The first-order valence-electron chi connectivity index (χ1n) is 5.69. The number of hydrogen-bond acceptors (Lipinski definition) is 3. The van der Waals surface area contributed by atoms with Gasteiger partial charge in [0.25, 0.3) is 0 Å². The average molecular weight is 335 g/mol. The summed E-state index contributed by atoms with van der Waals surface area (Å²) in [6, 6.07) is 7.70. The molecule has 0 N–H and O–H groups in total. The van der Waals surface area contributed by atoms with E-state index in [0.717, 1.165) is 26.5 Å². The molecule has 0 aliphatic heterocycles. The van der Waals surface area contributed by atoms with Crippen molar-refractivity contribution in [3.05, 3.63) is 51.8 Å². The van der Waals surface area contributed by atoms with Gasteiger partial charge >= 0.3 is 0 Å². The van der Waals surface area contributed by atoms with Gasteiger partial charge in [0, 0.05) is 27.8 Å². The van der Waals surface area contributed by atoms with Crippen molar-refractivity contribution in [3.63, 3.8) is 0 Å². The normalized spacial score (nSPS) is 10.9. The monoisotopic (exact) mass is 333 g/mol. The van der Waals surface area contributed by atoms with E-state index in [1.54, 1.807) is 12.4 Å². The zero-order chi connectivity index (χ0) is 13.4. The van der Waals surface area contributed by atoms with E-state index < -0.39 is 0 Å². The van der Waals surface area contributed by atoms with Crippen molar-refractivity contribution < 1.29 is 0 Å². The van der Waals surface area contributed by atoms with E-state index in [-0.39, 0.29) is 0 Å². The highest BCUT2D eigenvalue weighted by molar-refractivity contribution is 9.10. The Labute approximate surface area is 123 Å². The molecule has 0 aliphatic carbocycles. The minimum atomic E-state index is 0.449. The second-order valence-corrected chi connectivity index (χ2v) is 5.41. The summed E-state index contributed by atoms with van der Waals surface area (Å²) in [4.78, 5) is 13.0. The van der Waals surface area contributed by atoms with Gasteiger partial charge in [0.2, 0.25) is 0 Å². The Hall–Kier alpha value is -1.52. The Morgan fingerprint density at radius 2 is 2.05 bits per heavy atom. The maximum atomic E-state index is 6.24. The third-order valence-electron chi connectivity index (χ3n) is 2.85. The van der Waals surface area contributed by atoms with E-state index >= 15 is 0 Å². The van der Waals surface area contributed by atoms with E-state index in [9.17, 15) is 0 Å². The maximum absolute atomic E-state index is 6.24. The summed E-state index contributed by atoms with van der Waals surface area (Å²) < 4.78 is 1.000. The average Bonchev–Trinajstić information content (AvgIpc) is 2.42. The molecule has 3 nitrogen and oxygen atoms in total. The minimum Gasteiger partial charge on any atom is -0.264 e. The number of aryl methyl sites for hydroxylation is 1. The molecule has 0 aliphatic rings. The van der Waals surface area contributed by atoms with Crippen LogP contribution < -0.4 is 0 Å². The van der Waals surface area contributed by atoms with Crippen LogP contribution in [0.2, 0.25) is 5.15 Å². The summed E-state index contributed by atoms with van der Waals surface area (Å²) in [5.74, 6) is 0.590. The zero-order valence-electron chi connectivity index (χ0n) is 10.1. The number of hydrogen-bond donors (Lipinski definition) is 0. The number of fused-ring (bicyclic) bond motifs is 1. The second kappa shape index (κ2) is 4.87. The summed E-state index contributed by atoms with van der Waals surface area (Å²) in [6.45, 7) is 2.02. The summed E-state index contributed by atoms with van der Waals surface area (Å²) in [5, 5.41) is 1.29. The van der Waals surface area contributed by atoms with Crippen LogP contribution in [0.1, 0.15) is 5.56 Å². The highest BCUT2D eigenvalue weighted by atomic mass is 79.9. The fraction of sp³-hybridized carbons (Fsp3) is 0.0714. The molecule has 94 valence electrons. The number of nitrogens with zero attached hydrogens (tertiary/aromatic N) is 3. The third-order valence-corrected chi connectivity index (χ3v) is 3.99. The smallest absolute Gasteiger partial charge is 0.163 e. The topological polar surface area (TPSA) is 38.7 Å². The van der Waals surface area contributed by atoms with Gasteiger partial charge in [-0.25, -0.2) is 9.97 Å². The SMILES string of the molecule is Cc1cc2nc(-c3cccnc3)nc(Cl)c2cc1Br. The third kappa shape index (κ3) is 2.33. The van der Waals surface area contributed by atoms with Gasteiger partial charge in [-0.15, -0.1) is 0 Å². The quantitative estimate of drug-likeness (QED) is 0.618. The standard InChI is InChI=1S/C14H9BrClN3/c1-8-5-12-10(6-11(8)15)13(16)19-14(18-12)9-3-2-4-17-7-9/h2-7H,1H3. The molecule has 2 aromatic heterocycles. The first-order chi connectivity index (χ1) is 9.15. The van der Waals surface area contributed by atoms with Crippen LogP contribution in [0.25, 0.3) is 22.3 Å². The second-order valence-electron chi connectivity index (χ2n) is 4.20. The van der Waals surface area contributed by atoms with Crippen LogP contribution in [0.15, 0.2) is 41.1 Å². The molecule has 0 bridgehead atoms. The van der Waals surface area contributed by atoms with Gasteiger partial charge in [0.15, 0.2) is 5.82 Å². The lowest BCUT2D eigenvalue weighted by Crippen LogP contribution is -1.93. The summed E-state index contributed by atoms with van der Waals surface area (Å²) in [6.07, 6.45) is 3.44. The van der Waals surface area contributed by atoms with Crippen molar-refractivity contribution >= 4 is 38.4 Å². The van der Waals surface area contributed by atoms with Gasteiger partial charge in [-0.1, -0.05) is 27.5 Å². The van der Waals surface area contributed by atoms with Crippen LogP contribution in [-0.4, -0.2) is 15.0 Å². The van der Waals surface area contributed by atoms with Gasteiger partial charge in [-0.3, -0.25) is 4.98 Å². The number of benzene rings is 1. The predicted octanol–water partition coefficient (Wildman–Crippen LogP) is 4.42. The van der Waals surface area contributed by atoms with Gasteiger partial charge < -0.3 is 0 Å². The Morgan fingerprint density at radius 3 is 2.79 bits per heavy atom. The minimum absolute atomic E-state index is 0.449. The molecule has 19 heavy (non-hydrogen) atoms. The van der Waals surface area contributed by atoms with Crippen molar-refractivity contribution in [1.82, 2.24) is 15.0 Å². The molecule has 3 rings (SSSR count). The molecular weight excluding hydrogens is 326 g/mol. The number of halogens is 2. The van der Waals surface area contributed by atoms with E-state index in [2.05, 4.69) is 30.9 Å². The van der Waals surface area contributed by atoms with Gasteiger partial charge in [0.1, 0.15) is 5.15 Å². The molecule has 0 unspecified atom stereocenters. The van der Waals surface area contributed by atoms with Crippen molar-refractivity contribution in [3.8, 4) is 11.4 Å². The lowest BCUT2D eigenvalue weighted by Gasteiger charge is -2.06. The first kappa shape index (κ1) is 12.5. The van der Waals surface area contributed by atoms with E-state index in [1.165, 1.54) is 0 Å². The van der Waals surface area contributed by atoms with Crippen molar-refractivity contribution in [1.29, 1.82) is 0 Å². The Bertz CT molecular complexity index is 759. The molecule has 5 heteroatoms. The summed E-state index contributed by atoms with van der Waals surface area (Å²) in [7, 11) is 0. The molecule has 0 spiro atoms. The molecule has 0 atom stereocenters. The molecule has 0 saturated heterocycles. The largest absolute Gasteiger partial charge is 0.264 e. The first-order valence-corrected chi connectivity index (χ1v) is 6.86. The molecule has 1 aromatic carbocycles. The predicted molar refractivity (Wildman–Crippen MR) is 80.2 cm³/mol. The Kier molecular flexibility index (Phi) is 3.21. The fourth-order valence-corrected chi connectivity index (χ4v) is 2.42.